The highest BCUT2D eigenvalue weighted by molar-refractivity contribution is 8.00. The van der Waals surface area contributed by atoms with Crippen molar-refractivity contribution in [1.29, 1.82) is 0 Å². The van der Waals surface area contributed by atoms with E-state index in [-0.39, 0.29) is 5.75 Å². The Labute approximate surface area is 195 Å². The SMILES string of the molecule is COc1ccc(-c2cc([C@@]3(O)SC[C@@H](OC(C)=O)[C@H](OC(C)=O)[C@H]3OC(C)=O)ccn2)cc1. The molecule has 1 aliphatic heterocycles. The standard InChI is InChI=1S/C23H25NO8S/c1-13(25)30-20-12-33-23(28,22(32-15(3)27)21(20)31-14(2)26)17-9-10-24-19(11-17)16-5-7-18(29-4)8-6-16/h5-11,20-22,28H,12H2,1-4H3/t20-,21+,22-,23-/m1/s1. The number of methoxy groups -OCH3 is 1. The molecular weight excluding hydrogens is 450 g/mol. The van der Waals surface area contributed by atoms with E-state index in [4.69, 9.17) is 18.9 Å². The van der Waals surface area contributed by atoms with Crippen LogP contribution in [0.25, 0.3) is 11.3 Å². The van der Waals surface area contributed by atoms with Crippen molar-refractivity contribution in [2.45, 2.75) is 44.0 Å². The van der Waals surface area contributed by atoms with E-state index in [1.807, 2.05) is 12.1 Å². The molecule has 2 heterocycles. The van der Waals surface area contributed by atoms with Crippen LogP contribution in [0.3, 0.4) is 0 Å². The number of thioether (sulfide) groups is 1. The van der Waals surface area contributed by atoms with E-state index in [0.717, 1.165) is 17.3 Å². The molecule has 0 bridgehead atoms. The first-order chi connectivity index (χ1) is 15.6. The molecule has 176 valence electrons. The van der Waals surface area contributed by atoms with E-state index in [1.54, 1.807) is 31.4 Å². The third-order valence-electron chi connectivity index (χ3n) is 4.99. The van der Waals surface area contributed by atoms with Crippen LogP contribution in [0.5, 0.6) is 5.75 Å². The number of hydrogen-bond donors (Lipinski definition) is 1. The van der Waals surface area contributed by atoms with Gasteiger partial charge in [0.25, 0.3) is 0 Å². The van der Waals surface area contributed by atoms with Crippen LogP contribution in [0.4, 0.5) is 0 Å². The van der Waals surface area contributed by atoms with Crippen LogP contribution < -0.4 is 4.74 Å². The van der Waals surface area contributed by atoms with E-state index in [9.17, 15) is 19.5 Å². The van der Waals surface area contributed by atoms with Gasteiger partial charge in [-0.25, -0.2) is 0 Å². The Morgan fingerprint density at radius 3 is 2.21 bits per heavy atom. The molecule has 4 atom stereocenters. The van der Waals surface area contributed by atoms with Crippen LogP contribution in [-0.2, 0) is 33.5 Å². The number of aromatic nitrogens is 1. The monoisotopic (exact) mass is 475 g/mol. The van der Waals surface area contributed by atoms with E-state index in [0.29, 0.717) is 17.0 Å². The molecule has 2 aromatic rings. The summed E-state index contributed by atoms with van der Waals surface area (Å²) in [4.78, 5) is 37.9. The fourth-order valence-electron chi connectivity index (χ4n) is 3.59. The predicted molar refractivity (Wildman–Crippen MR) is 119 cm³/mol. The van der Waals surface area contributed by atoms with Gasteiger partial charge >= 0.3 is 17.9 Å². The summed E-state index contributed by atoms with van der Waals surface area (Å²) >= 11 is 1.02. The molecule has 3 rings (SSSR count). The molecule has 1 saturated heterocycles. The Bertz CT molecular complexity index is 1030. The lowest BCUT2D eigenvalue weighted by Gasteiger charge is -2.45. The molecule has 33 heavy (non-hydrogen) atoms. The maximum absolute atomic E-state index is 11.9. The Kier molecular flexibility index (Phi) is 7.60. The minimum Gasteiger partial charge on any atom is -0.497 e. The summed E-state index contributed by atoms with van der Waals surface area (Å²) in [6.45, 7) is 3.59. The molecule has 10 heteroatoms. The average molecular weight is 476 g/mol. The number of hydrogen-bond acceptors (Lipinski definition) is 10. The molecule has 1 aromatic carbocycles. The minimum atomic E-state index is -1.80. The topological polar surface area (TPSA) is 121 Å². The lowest BCUT2D eigenvalue weighted by atomic mass is 9.95. The predicted octanol–water partition coefficient (Wildman–Crippen LogP) is 2.44. The number of ether oxygens (including phenoxy) is 4. The first-order valence-electron chi connectivity index (χ1n) is 10.1. The van der Waals surface area contributed by atoms with Gasteiger partial charge in [-0.05, 0) is 36.4 Å². The molecule has 9 nitrogen and oxygen atoms in total. The van der Waals surface area contributed by atoms with Gasteiger partial charge in [-0.1, -0.05) is 0 Å². The number of esters is 3. The largest absolute Gasteiger partial charge is 0.497 e. The summed E-state index contributed by atoms with van der Waals surface area (Å²) < 4.78 is 21.3. The maximum atomic E-state index is 11.9. The van der Waals surface area contributed by atoms with Crippen LogP contribution in [0.15, 0.2) is 42.6 Å². The second kappa shape index (κ2) is 10.2. The van der Waals surface area contributed by atoms with E-state index in [1.165, 1.54) is 27.0 Å². The fraction of sp³-hybridized carbons (Fsp3) is 0.391. The smallest absolute Gasteiger partial charge is 0.303 e. The van der Waals surface area contributed by atoms with Gasteiger partial charge in [0, 0.05) is 43.8 Å². The van der Waals surface area contributed by atoms with Crippen molar-refractivity contribution < 1.29 is 38.4 Å². The zero-order chi connectivity index (χ0) is 24.2. The second-order valence-corrected chi connectivity index (χ2v) is 8.66. The third-order valence-corrected chi connectivity index (χ3v) is 6.39. The minimum absolute atomic E-state index is 0.103. The Balaban J connectivity index is 2.04. The summed E-state index contributed by atoms with van der Waals surface area (Å²) in [5, 5.41) is 11.7. The number of nitrogens with zero attached hydrogens (tertiary/aromatic N) is 1. The first-order valence-corrected chi connectivity index (χ1v) is 11.1. The summed E-state index contributed by atoms with van der Waals surface area (Å²) in [6.07, 6.45) is -1.94. The zero-order valence-electron chi connectivity index (χ0n) is 18.6. The quantitative estimate of drug-likeness (QED) is 0.492. The lowest BCUT2D eigenvalue weighted by Crippen LogP contribution is -2.58. The van der Waals surface area contributed by atoms with E-state index in [2.05, 4.69) is 4.98 Å². The van der Waals surface area contributed by atoms with Crippen molar-refractivity contribution in [3.8, 4) is 17.0 Å². The van der Waals surface area contributed by atoms with Gasteiger partial charge in [-0.2, -0.15) is 0 Å². The number of pyridine rings is 1. The molecule has 0 spiro atoms. The number of carbonyl (C=O) groups is 3. The van der Waals surface area contributed by atoms with Crippen molar-refractivity contribution >= 4 is 29.7 Å². The molecule has 0 amide bonds. The second-order valence-electron chi connectivity index (χ2n) is 7.42. The molecule has 1 aliphatic rings. The summed E-state index contributed by atoms with van der Waals surface area (Å²) in [5.41, 5.74) is 1.73. The molecule has 0 aliphatic carbocycles. The summed E-state index contributed by atoms with van der Waals surface area (Å²) in [6, 6.07) is 10.5. The fourth-order valence-corrected chi connectivity index (χ4v) is 4.91. The average Bonchev–Trinajstić information content (AvgIpc) is 2.77. The van der Waals surface area contributed by atoms with Gasteiger partial charge < -0.3 is 24.1 Å². The summed E-state index contributed by atoms with van der Waals surface area (Å²) in [5.74, 6) is -1.16. The highest BCUT2D eigenvalue weighted by Gasteiger charge is 2.55. The van der Waals surface area contributed by atoms with Crippen molar-refractivity contribution in [3.05, 3.63) is 48.2 Å². The van der Waals surface area contributed by atoms with Gasteiger partial charge in [-0.15, -0.1) is 11.8 Å². The van der Waals surface area contributed by atoms with Crippen LogP contribution in [0.2, 0.25) is 0 Å². The maximum Gasteiger partial charge on any atom is 0.303 e. The molecule has 1 fully saturated rings. The lowest BCUT2D eigenvalue weighted by molar-refractivity contribution is -0.197. The van der Waals surface area contributed by atoms with Crippen molar-refractivity contribution in [2.24, 2.45) is 0 Å². The van der Waals surface area contributed by atoms with Gasteiger partial charge in [0.05, 0.1) is 12.8 Å². The zero-order valence-corrected chi connectivity index (χ0v) is 19.5. The van der Waals surface area contributed by atoms with Gasteiger partial charge in [-0.3, -0.25) is 19.4 Å². The first kappa shape index (κ1) is 24.5. The van der Waals surface area contributed by atoms with E-state index < -0.39 is 41.2 Å². The van der Waals surface area contributed by atoms with Gasteiger partial charge in [0.15, 0.2) is 23.2 Å². The Morgan fingerprint density at radius 2 is 1.64 bits per heavy atom. The van der Waals surface area contributed by atoms with E-state index >= 15 is 0 Å². The molecule has 1 N–H and O–H groups in total. The normalized spacial score (nSPS) is 24.5. The Hall–Kier alpha value is -3.11. The van der Waals surface area contributed by atoms with Crippen LogP contribution >= 0.6 is 11.8 Å². The number of carbonyl (C=O) groups excluding carboxylic acids is 3. The number of benzene rings is 1. The van der Waals surface area contributed by atoms with Crippen LogP contribution in [0.1, 0.15) is 26.3 Å². The Morgan fingerprint density at radius 1 is 1.00 bits per heavy atom. The molecule has 0 radical (unpaired) electrons. The molecule has 1 aromatic heterocycles. The molecule has 0 unspecified atom stereocenters. The highest BCUT2D eigenvalue weighted by Crippen LogP contribution is 2.46. The van der Waals surface area contributed by atoms with Crippen molar-refractivity contribution in [1.82, 2.24) is 4.98 Å². The highest BCUT2D eigenvalue weighted by atomic mass is 32.2. The van der Waals surface area contributed by atoms with Crippen LogP contribution in [0, 0.1) is 0 Å². The van der Waals surface area contributed by atoms with Gasteiger partial charge in [0.2, 0.25) is 0 Å². The third kappa shape index (κ3) is 5.63. The van der Waals surface area contributed by atoms with Gasteiger partial charge in [0.1, 0.15) is 5.75 Å². The van der Waals surface area contributed by atoms with Crippen molar-refractivity contribution in [3.63, 3.8) is 0 Å². The van der Waals surface area contributed by atoms with Crippen LogP contribution in [-0.4, -0.2) is 59.2 Å². The molecule has 0 saturated carbocycles. The number of aliphatic hydroxyl groups is 1. The number of rotatable bonds is 6. The molecular formula is C23H25NO8S. The summed E-state index contributed by atoms with van der Waals surface area (Å²) in [7, 11) is 1.57. The van der Waals surface area contributed by atoms with Crippen molar-refractivity contribution in [2.75, 3.05) is 12.9 Å².